The van der Waals surface area contributed by atoms with Crippen LogP contribution in [0.3, 0.4) is 0 Å². The van der Waals surface area contributed by atoms with Crippen molar-refractivity contribution in [3.8, 4) is 0 Å². The van der Waals surface area contributed by atoms with Gasteiger partial charge in [-0.25, -0.2) is 9.78 Å². The Morgan fingerprint density at radius 2 is 2.05 bits per heavy atom. The zero-order valence-electron chi connectivity index (χ0n) is 11.6. The molecule has 0 aliphatic carbocycles. The van der Waals surface area contributed by atoms with Gasteiger partial charge in [0.05, 0.1) is 5.56 Å². The predicted molar refractivity (Wildman–Crippen MR) is 74.8 cm³/mol. The van der Waals surface area contributed by atoms with E-state index in [2.05, 4.69) is 4.98 Å². The van der Waals surface area contributed by atoms with Crippen molar-refractivity contribution >= 4 is 11.8 Å². The highest BCUT2D eigenvalue weighted by Gasteiger charge is 2.10. The highest BCUT2D eigenvalue weighted by atomic mass is 16.4. The normalized spacial score (nSPS) is 10.5. The molecule has 1 rings (SSSR count). The van der Waals surface area contributed by atoms with Crippen LogP contribution in [0, 0.1) is 0 Å². The van der Waals surface area contributed by atoms with E-state index < -0.39 is 5.97 Å². The quantitative estimate of drug-likeness (QED) is 0.703. The van der Waals surface area contributed by atoms with Crippen molar-refractivity contribution in [3.63, 3.8) is 0 Å². The van der Waals surface area contributed by atoms with Gasteiger partial charge in [0.15, 0.2) is 0 Å². The van der Waals surface area contributed by atoms with Gasteiger partial charge in [-0.05, 0) is 37.8 Å². The first kappa shape index (κ1) is 15.4. The minimum Gasteiger partial charge on any atom is -0.478 e. The zero-order chi connectivity index (χ0) is 14.3. The number of rotatable bonds is 8. The lowest BCUT2D eigenvalue weighted by atomic mass is 10.2. The van der Waals surface area contributed by atoms with Crippen molar-refractivity contribution in [3.05, 3.63) is 23.4 Å². The highest BCUT2D eigenvalue weighted by molar-refractivity contribution is 5.88. The van der Waals surface area contributed by atoms with Crippen LogP contribution in [-0.4, -0.2) is 41.4 Å². The number of aromatic carboxylic acids is 1. The maximum Gasteiger partial charge on any atom is 0.335 e. The second-order valence-corrected chi connectivity index (χ2v) is 4.57. The number of carboxylic acid groups (broad SMARTS) is 1. The summed E-state index contributed by atoms with van der Waals surface area (Å²) in [5, 5.41) is 17.8. The van der Waals surface area contributed by atoms with Gasteiger partial charge in [0.25, 0.3) is 0 Å². The average molecular weight is 266 g/mol. The lowest BCUT2D eigenvalue weighted by molar-refractivity contribution is 0.0696. The summed E-state index contributed by atoms with van der Waals surface area (Å²) in [6.07, 6.45) is 3.43. The van der Waals surface area contributed by atoms with E-state index in [-0.39, 0.29) is 12.2 Å². The van der Waals surface area contributed by atoms with Crippen LogP contribution in [0.2, 0.25) is 0 Å². The number of unbranched alkanes of at least 4 members (excludes halogenated alkanes) is 2. The van der Waals surface area contributed by atoms with E-state index in [1.807, 2.05) is 18.9 Å². The number of aliphatic hydroxyl groups is 1. The lowest BCUT2D eigenvalue weighted by Crippen LogP contribution is -2.21. The van der Waals surface area contributed by atoms with Crippen LogP contribution in [0.1, 0.15) is 42.2 Å². The maximum absolute atomic E-state index is 11.1. The lowest BCUT2D eigenvalue weighted by Gasteiger charge is -2.19. The minimum atomic E-state index is -0.924. The van der Waals surface area contributed by atoms with Gasteiger partial charge < -0.3 is 15.1 Å². The molecule has 0 atom stereocenters. The van der Waals surface area contributed by atoms with Crippen LogP contribution in [0.5, 0.6) is 0 Å². The van der Waals surface area contributed by atoms with Gasteiger partial charge >= 0.3 is 5.97 Å². The van der Waals surface area contributed by atoms with Gasteiger partial charge in [-0.2, -0.15) is 0 Å². The second kappa shape index (κ2) is 7.74. The Bertz CT molecular complexity index is 421. The summed E-state index contributed by atoms with van der Waals surface area (Å²) in [5.41, 5.74) is 1.07. The van der Waals surface area contributed by atoms with Crippen LogP contribution >= 0.6 is 0 Å². The molecular formula is C14H22N2O3. The topological polar surface area (TPSA) is 73.7 Å². The fraction of sp³-hybridized carbons (Fsp3) is 0.571. The van der Waals surface area contributed by atoms with Crippen LogP contribution in [0.4, 0.5) is 5.82 Å². The fourth-order valence-electron chi connectivity index (χ4n) is 1.82. The van der Waals surface area contributed by atoms with Crippen molar-refractivity contribution in [2.24, 2.45) is 0 Å². The predicted octanol–water partition coefficient (Wildman–Crippen LogP) is 1.94. The van der Waals surface area contributed by atoms with Crippen LogP contribution in [0.25, 0.3) is 0 Å². The molecule has 0 saturated carbocycles. The van der Waals surface area contributed by atoms with Gasteiger partial charge in [-0.3, -0.25) is 0 Å². The number of carboxylic acids is 1. The van der Waals surface area contributed by atoms with Crippen LogP contribution in [-0.2, 0) is 6.42 Å². The number of hydrogen-bond acceptors (Lipinski definition) is 4. The number of nitrogens with zero attached hydrogens (tertiary/aromatic N) is 2. The monoisotopic (exact) mass is 266 g/mol. The first-order chi connectivity index (χ1) is 9.08. The Morgan fingerprint density at radius 1 is 1.32 bits per heavy atom. The molecule has 0 saturated heterocycles. The minimum absolute atomic E-state index is 0.219. The van der Waals surface area contributed by atoms with Gasteiger partial charge in [0.2, 0.25) is 0 Å². The molecule has 0 amide bonds. The SMILES string of the molecule is CCc1cc(C(=O)O)cc(N(C)CCCCCO)n1. The van der Waals surface area contributed by atoms with Gasteiger partial charge in [-0.1, -0.05) is 6.92 Å². The molecule has 106 valence electrons. The number of aliphatic hydroxyl groups excluding tert-OH is 1. The largest absolute Gasteiger partial charge is 0.478 e. The molecule has 2 N–H and O–H groups in total. The molecule has 0 radical (unpaired) electrons. The molecule has 0 aliphatic rings. The molecule has 1 aromatic rings. The van der Waals surface area contributed by atoms with Crippen molar-refractivity contribution in [2.45, 2.75) is 32.6 Å². The Hall–Kier alpha value is -1.62. The van der Waals surface area contributed by atoms with E-state index in [1.54, 1.807) is 12.1 Å². The van der Waals surface area contributed by atoms with E-state index in [4.69, 9.17) is 10.2 Å². The van der Waals surface area contributed by atoms with Gasteiger partial charge in [0.1, 0.15) is 5.82 Å². The van der Waals surface area contributed by atoms with E-state index >= 15 is 0 Å². The van der Waals surface area contributed by atoms with Crippen LogP contribution < -0.4 is 4.90 Å². The molecule has 0 spiro atoms. The molecule has 0 aromatic carbocycles. The zero-order valence-corrected chi connectivity index (χ0v) is 11.6. The molecule has 1 aromatic heterocycles. The molecule has 0 fully saturated rings. The Balaban J connectivity index is 2.74. The molecule has 0 aliphatic heterocycles. The number of aryl methyl sites for hydroxylation is 1. The average Bonchev–Trinajstić information content (AvgIpc) is 2.42. The van der Waals surface area contributed by atoms with Crippen molar-refractivity contribution in [1.82, 2.24) is 4.98 Å². The number of aromatic nitrogens is 1. The summed E-state index contributed by atoms with van der Waals surface area (Å²) in [4.78, 5) is 17.5. The summed E-state index contributed by atoms with van der Waals surface area (Å²) in [6, 6.07) is 3.22. The Labute approximate surface area is 113 Å². The standard InChI is InChI=1S/C14H22N2O3/c1-3-12-9-11(14(18)19)10-13(15-12)16(2)7-5-4-6-8-17/h9-10,17H,3-8H2,1-2H3,(H,18,19). The van der Waals surface area contributed by atoms with Crippen molar-refractivity contribution < 1.29 is 15.0 Å². The summed E-state index contributed by atoms with van der Waals surface area (Å²) in [7, 11) is 1.91. The maximum atomic E-state index is 11.1. The summed E-state index contributed by atoms with van der Waals surface area (Å²) in [6.45, 7) is 2.98. The molecule has 5 nitrogen and oxygen atoms in total. The summed E-state index contributed by atoms with van der Waals surface area (Å²) < 4.78 is 0. The number of hydrogen-bond donors (Lipinski definition) is 2. The third kappa shape index (κ3) is 4.87. The third-order valence-corrected chi connectivity index (χ3v) is 3.02. The molecule has 5 heteroatoms. The molecule has 19 heavy (non-hydrogen) atoms. The molecule has 0 unspecified atom stereocenters. The molecule has 1 heterocycles. The summed E-state index contributed by atoms with van der Waals surface area (Å²) in [5.74, 6) is -0.229. The van der Waals surface area contributed by atoms with E-state index in [0.29, 0.717) is 12.2 Å². The summed E-state index contributed by atoms with van der Waals surface area (Å²) >= 11 is 0. The Kier molecular flexibility index (Phi) is 6.29. The number of anilines is 1. The van der Waals surface area contributed by atoms with Crippen molar-refractivity contribution in [1.29, 1.82) is 0 Å². The Morgan fingerprint density at radius 3 is 2.63 bits per heavy atom. The smallest absolute Gasteiger partial charge is 0.335 e. The molecular weight excluding hydrogens is 244 g/mol. The fourth-order valence-corrected chi connectivity index (χ4v) is 1.82. The van der Waals surface area contributed by atoms with E-state index in [0.717, 1.165) is 31.5 Å². The van der Waals surface area contributed by atoms with Crippen molar-refractivity contribution in [2.75, 3.05) is 25.1 Å². The first-order valence-corrected chi connectivity index (χ1v) is 6.64. The van der Waals surface area contributed by atoms with E-state index in [1.165, 1.54) is 0 Å². The number of pyridine rings is 1. The number of carbonyl (C=O) groups is 1. The first-order valence-electron chi connectivity index (χ1n) is 6.64. The second-order valence-electron chi connectivity index (χ2n) is 4.57. The molecule has 0 bridgehead atoms. The van der Waals surface area contributed by atoms with Gasteiger partial charge in [0, 0.05) is 25.9 Å². The van der Waals surface area contributed by atoms with Crippen LogP contribution in [0.15, 0.2) is 12.1 Å². The van der Waals surface area contributed by atoms with Gasteiger partial charge in [-0.15, -0.1) is 0 Å². The third-order valence-electron chi connectivity index (χ3n) is 3.02. The van der Waals surface area contributed by atoms with E-state index in [9.17, 15) is 4.79 Å². The highest BCUT2D eigenvalue weighted by Crippen LogP contribution is 2.15.